The molecule has 0 spiro atoms. The van der Waals surface area contributed by atoms with Gasteiger partial charge in [0.25, 0.3) is 0 Å². The van der Waals surface area contributed by atoms with Crippen LogP contribution in [0.1, 0.15) is 27.0 Å². The number of ketones is 1. The number of aromatic hydroxyl groups is 1. The van der Waals surface area contributed by atoms with Crippen molar-refractivity contribution in [3.05, 3.63) is 119 Å². The summed E-state index contributed by atoms with van der Waals surface area (Å²) in [6, 6.07) is 26.3. The lowest BCUT2D eigenvalue weighted by molar-refractivity contribution is 0.101. The van der Waals surface area contributed by atoms with Gasteiger partial charge in [0.1, 0.15) is 17.3 Å². The van der Waals surface area contributed by atoms with E-state index < -0.39 is 0 Å². The van der Waals surface area contributed by atoms with E-state index in [2.05, 4.69) is 21.9 Å². The molecule has 2 aliphatic rings. The fourth-order valence-electron chi connectivity index (χ4n) is 5.33. The van der Waals surface area contributed by atoms with Gasteiger partial charge in [0.05, 0.1) is 11.1 Å². The van der Waals surface area contributed by atoms with Crippen LogP contribution < -0.4 is 9.64 Å². The molecule has 2 aliphatic heterocycles. The lowest BCUT2D eigenvalue weighted by Crippen LogP contribution is -2.46. The van der Waals surface area contributed by atoms with Crippen molar-refractivity contribution in [2.24, 2.45) is 0 Å². The molecule has 2 heterocycles. The van der Waals surface area contributed by atoms with Crippen LogP contribution in [0.2, 0.25) is 0 Å². The van der Waals surface area contributed by atoms with E-state index in [0.717, 1.165) is 48.6 Å². The van der Waals surface area contributed by atoms with Gasteiger partial charge in [0.15, 0.2) is 5.76 Å². The maximum atomic E-state index is 13.4. The van der Waals surface area contributed by atoms with Gasteiger partial charge in [-0.15, -0.1) is 0 Å². The molecule has 0 unspecified atom stereocenters. The molecule has 39 heavy (non-hydrogen) atoms. The first-order valence-corrected chi connectivity index (χ1v) is 13.1. The maximum Gasteiger partial charge on any atom is 0.232 e. The zero-order valence-corrected chi connectivity index (χ0v) is 21.7. The molecule has 0 amide bonds. The summed E-state index contributed by atoms with van der Waals surface area (Å²) in [7, 11) is 0. The Hall–Kier alpha value is -4.42. The van der Waals surface area contributed by atoms with Crippen LogP contribution >= 0.6 is 0 Å². The summed E-state index contributed by atoms with van der Waals surface area (Å²) < 4.78 is 19.5. The number of phenols is 1. The highest BCUT2D eigenvalue weighted by atomic mass is 19.1. The number of nitrogens with zero attached hydrogens (tertiary/aromatic N) is 2. The highest BCUT2D eigenvalue weighted by Crippen LogP contribution is 2.42. The van der Waals surface area contributed by atoms with E-state index in [1.165, 1.54) is 12.1 Å². The molecule has 0 aliphatic carbocycles. The standard InChI is InChI=1S/C33H29FN2O3/c1-22-19-29(37)28(21-35-15-17-36(18-16-35)27-13-11-26(34)12-14-27)33-31(22)32(38)30(39-33)20-23-7-9-25(10-8-23)24-5-3-2-4-6-24/h2-14,19-20,37H,15-18,21H2,1H3/b30-20+. The molecular formula is C33H29FN2O3. The van der Waals surface area contributed by atoms with E-state index in [0.29, 0.717) is 29.0 Å². The predicted octanol–water partition coefficient (Wildman–Crippen LogP) is 6.45. The van der Waals surface area contributed by atoms with Crippen molar-refractivity contribution in [1.29, 1.82) is 0 Å². The molecule has 6 heteroatoms. The van der Waals surface area contributed by atoms with E-state index in [9.17, 15) is 14.3 Å². The Kier molecular flexibility index (Phi) is 6.63. The summed E-state index contributed by atoms with van der Waals surface area (Å²) in [6.45, 7) is 5.39. The lowest BCUT2D eigenvalue weighted by Gasteiger charge is -2.36. The van der Waals surface area contributed by atoms with E-state index in [1.54, 1.807) is 24.3 Å². The Labute approximate surface area is 227 Å². The van der Waals surface area contributed by atoms with E-state index in [4.69, 9.17) is 4.74 Å². The Bertz CT molecular complexity index is 1540. The third kappa shape index (κ3) is 5.03. The van der Waals surface area contributed by atoms with Crippen molar-refractivity contribution >= 4 is 17.5 Å². The van der Waals surface area contributed by atoms with Crippen molar-refractivity contribution in [1.82, 2.24) is 4.90 Å². The van der Waals surface area contributed by atoms with Gasteiger partial charge in [-0.3, -0.25) is 9.69 Å². The van der Waals surface area contributed by atoms with Gasteiger partial charge in [0, 0.05) is 38.4 Å². The molecule has 1 fully saturated rings. The van der Waals surface area contributed by atoms with Crippen LogP contribution in [-0.2, 0) is 6.54 Å². The van der Waals surface area contributed by atoms with Gasteiger partial charge in [-0.2, -0.15) is 0 Å². The minimum atomic E-state index is -0.242. The van der Waals surface area contributed by atoms with Crippen LogP contribution in [0.3, 0.4) is 0 Å². The summed E-state index contributed by atoms with van der Waals surface area (Å²) in [5.74, 6) is 0.429. The average molecular weight is 521 g/mol. The van der Waals surface area contributed by atoms with Crippen LogP contribution in [0, 0.1) is 12.7 Å². The molecule has 4 aromatic rings. The van der Waals surface area contributed by atoms with E-state index in [1.807, 2.05) is 49.4 Å². The number of aryl methyl sites for hydroxylation is 1. The number of phenolic OH excluding ortho intramolecular Hbond substituents is 1. The number of benzene rings is 4. The van der Waals surface area contributed by atoms with Gasteiger partial charge in [-0.25, -0.2) is 4.39 Å². The molecule has 0 saturated carbocycles. The van der Waals surface area contributed by atoms with Crippen molar-refractivity contribution in [3.8, 4) is 22.6 Å². The van der Waals surface area contributed by atoms with Crippen molar-refractivity contribution in [2.75, 3.05) is 31.1 Å². The molecule has 0 bridgehead atoms. The summed E-state index contributed by atoms with van der Waals surface area (Å²) in [6.07, 6.45) is 1.76. The molecule has 0 aromatic heterocycles. The second-order valence-electron chi connectivity index (χ2n) is 10.1. The van der Waals surface area contributed by atoms with Crippen LogP contribution in [-0.4, -0.2) is 42.0 Å². The zero-order chi connectivity index (χ0) is 26.9. The summed E-state index contributed by atoms with van der Waals surface area (Å²) in [4.78, 5) is 17.8. The molecule has 0 radical (unpaired) electrons. The Balaban J connectivity index is 1.20. The minimum absolute atomic E-state index is 0.133. The number of carbonyl (C=O) groups is 1. The maximum absolute atomic E-state index is 13.4. The second kappa shape index (κ2) is 10.4. The number of rotatable bonds is 5. The molecule has 0 atom stereocenters. The zero-order valence-electron chi connectivity index (χ0n) is 21.7. The number of halogens is 1. The first-order valence-electron chi connectivity index (χ1n) is 13.1. The summed E-state index contributed by atoms with van der Waals surface area (Å²) in [5.41, 5.74) is 5.93. The average Bonchev–Trinajstić information content (AvgIpc) is 3.28. The number of piperazine rings is 1. The van der Waals surface area contributed by atoms with Crippen LogP contribution in [0.25, 0.3) is 17.2 Å². The van der Waals surface area contributed by atoms with Crippen molar-refractivity contribution in [3.63, 3.8) is 0 Å². The fraction of sp³-hybridized carbons (Fsp3) is 0.182. The lowest BCUT2D eigenvalue weighted by atomic mass is 9.98. The number of hydrogen-bond acceptors (Lipinski definition) is 5. The highest BCUT2D eigenvalue weighted by Gasteiger charge is 2.34. The largest absolute Gasteiger partial charge is 0.507 e. The number of fused-ring (bicyclic) bond motifs is 1. The first kappa shape index (κ1) is 24.9. The summed E-state index contributed by atoms with van der Waals surface area (Å²) >= 11 is 0. The molecule has 4 aromatic carbocycles. The number of ether oxygens (including phenoxy) is 1. The first-order chi connectivity index (χ1) is 19.0. The van der Waals surface area contributed by atoms with Gasteiger partial charge in [0.2, 0.25) is 5.78 Å². The smallest absolute Gasteiger partial charge is 0.232 e. The Morgan fingerprint density at radius 1 is 0.897 bits per heavy atom. The summed E-state index contributed by atoms with van der Waals surface area (Å²) in [5, 5.41) is 10.9. The Morgan fingerprint density at radius 2 is 1.56 bits per heavy atom. The number of Topliss-reactive ketones (excluding diaryl/α,β-unsaturated/α-hetero) is 1. The van der Waals surface area contributed by atoms with Gasteiger partial charge < -0.3 is 14.7 Å². The molecule has 196 valence electrons. The normalized spacial score (nSPS) is 16.4. The SMILES string of the molecule is Cc1cc(O)c(CN2CCN(c3ccc(F)cc3)CC2)c2c1C(=O)/C(=C\c1ccc(-c3ccccc3)cc1)O2. The fourth-order valence-corrected chi connectivity index (χ4v) is 5.33. The topological polar surface area (TPSA) is 53.0 Å². The number of anilines is 1. The van der Waals surface area contributed by atoms with Gasteiger partial charge >= 0.3 is 0 Å². The molecule has 1 saturated heterocycles. The molecular weight excluding hydrogens is 491 g/mol. The van der Waals surface area contributed by atoms with Crippen LogP contribution in [0.4, 0.5) is 10.1 Å². The number of hydrogen-bond donors (Lipinski definition) is 1. The van der Waals surface area contributed by atoms with Crippen molar-refractivity contribution < 1.29 is 19.0 Å². The Morgan fingerprint density at radius 3 is 2.26 bits per heavy atom. The monoisotopic (exact) mass is 520 g/mol. The van der Waals surface area contributed by atoms with Gasteiger partial charge in [-0.05, 0) is 65.6 Å². The predicted molar refractivity (Wildman–Crippen MR) is 152 cm³/mol. The molecule has 5 nitrogen and oxygen atoms in total. The second-order valence-corrected chi connectivity index (χ2v) is 10.1. The number of allylic oxidation sites excluding steroid dienone is 1. The van der Waals surface area contributed by atoms with Crippen LogP contribution in [0.5, 0.6) is 11.5 Å². The highest BCUT2D eigenvalue weighted by molar-refractivity contribution is 6.15. The third-order valence-corrected chi connectivity index (χ3v) is 7.48. The van der Waals surface area contributed by atoms with Gasteiger partial charge in [-0.1, -0.05) is 54.6 Å². The quantitative estimate of drug-likeness (QED) is 0.307. The number of carbonyl (C=O) groups excluding carboxylic acids is 1. The van der Waals surface area contributed by atoms with Crippen LogP contribution in [0.15, 0.2) is 90.7 Å². The van der Waals surface area contributed by atoms with E-state index >= 15 is 0 Å². The van der Waals surface area contributed by atoms with Crippen molar-refractivity contribution in [2.45, 2.75) is 13.5 Å². The van der Waals surface area contributed by atoms with E-state index in [-0.39, 0.29) is 23.1 Å². The minimum Gasteiger partial charge on any atom is -0.507 e. The third-order valence-electron chi connectivity index (χ3n) is 7.48. The molecule has 1 N–H and O–H groups in total. The molecule has 6 rings (SSSR count).